The number of carbonyl (C=O) groups is 1. The molecule has 20 heavy (non-hydrogen) atoms. The van der Waals surface area contributed by atoms with Crippen molar-refractivity contribution in [1.82, 2.24) is 10.2 Å². The molecule has 6 nitrogen and oxygen atoms in total. The van der Waals surface area contributed by atoms with E-state index in [9.17, 15) is 4.79 Å². The van der Waals surface area contributed by atoms with E-state index >= 15 is 0 Å². The van der Waals surface area contributed by atoms with Gasteiger partial charge < -0.3 is 15.4 Å². The van der Waals surface area contributed by atoms with Gasteiger partial charge in [0.2, 0.25) is 0 Å². The smallest absolute Gasteiger partial charge is 0.358 e. The summed E-state index contributed by atoms with van der Waals surface area (Å²) in [4.78, 5) is 13.2. The van der Waals surface area contributed by atoms with Crippen molar-refractivity contribution in [3.8, 4) is 0 Å². The number of anilines is 2. The second-order valence-electron chi connectivity index (χ2n) is 4.32. The topological polar surface area (TPSA) is 81.3 Å². The molecule has 0 aliphatic rings. The second kappa shape index (κ2) is 6.01. The zero-order valence-electron chi connectivity index (χ0n) is 11.4. The molecule has 0 aliphatic carbocycles. The summed E-state index contributed by atoms with van der Waals surface area (Å²) < 4.78 is 4.58. The van der Waals surface area contributed by atoms with Gasteiger partial charge >= 0.3 is 5.97 Å². The molecule has 1 aromatic heterocycles. The van der Waals surface area contributed by atoms with Crippen LogP contribution < -0.4 is 10.6 Å². The van der Waals surface area contributed by atoms with Crippen LogP contribution in [0.3, 0.4) is 0 Å². The lowest BCUT2D eigenvalue weighted by atomic mass is 10.2. The van der Waals surface area contributed by atoms with Crippen LogP contribution in [0.1, 0.15) is 16.1 Å². The first-order chi connectivity index (χ1) is 9.61. The lowest BCUT2D eigenvalue weighted by Crippen LogP contribution is -2.19. The van der Waals surface area contributed by atoms with Gasteiger partial charge in [-0.1, -0.05) is 18.2 Å². The molecule has 0 amide bonds. The van der Waals surface area contributed by atoms with Crippen LogP contribution in [0.5, 0.6) is 0 Å². The van der Waals surface area contributed by atoms with Crippen molar-refractivity contribution < 1.29 is 9.53 Å². The molecule has 0 spiro atoms. The number of para-hydroxylation sites is 1. The molecule has 0 bridgehead atoms. The average Bonchev–Trinajstić information content (AvgIpc) is 2.49. The highest BCUT2D eigenvalue weighted by Crippen LogP contribution is 2.16. The highest BCUT2D eigenvalue weighted by atomic mass is 16.5. The molecule has 2 rings (SSSR count). The molecule has 0 unspecified atom stereocenters. The maximum absolute atomic E-state index is 11.3. The number of benzene rings is 1. The van der Waals surface area contributed by atoms with Gasteiger partial charge in [-0.25, -0.2) is 4.79 Å². The first kappa shape index (κ1) is 13.8. The summed E-state index contributed by atoms with van der Waals surface area (Å²) in [7, 11) is 3.19. The first-order valence-corrected chi connectivity index (χ1v) is 6.08. The molecule has 0 saturated carbocycles. The Labute approximate surface area is 117 Å². The van der Waals surface area contributed by atoms with E-state index in [-0.39, 0.29) is 5.69 Å². The quantitative estimate of drug-likeness (QED) is 0.670. The van der Waals surface area contributed by atoms with Crippen LogP contribution in [-0.4, -0.2) is 30.3 Å². The molecule has 0 aliphatic heterocycles. The summed E-state index contributed by atoms with van der Waals surface area (Å²) in [5.41, 5.74) is 7.83. The summed E-state index contributed by atoms with van der Waals surface area (Å²) in [5.74, 6) is 0.153. The molecule has 0 radical (unpaired) electrons. The SMILES string of the molecule is COC(=O)c1ccc(N(C)Cc2ccccc2N)nn1. The van der Waals surface area contributed by atoms with Crippen molar-refractivity contribution in [1.29, 1.82) is 0 Å². The van der Waals surface area contributed by atoms with Crippen LogP contribution in [0.2, 0.25) is 0 Å². The van der Waals surface area contributed by atoms with Crippen LogP contribution in [0.25, 0.3) is 0 Å². The number of nitrogens with two attached hydrogens (primary N) is 1. The molecule has 2 N–H and O–H groups in total. The van der Waals surface area contributed by atoms with E-state index in [1.54, 1.807) is 12.1 Å². The Morgan fingerprint density at radius 3 is 2.60 bits per heavy atom. The van der Waals surface area contributed by atoms with Gasteiger partial charge in [-0.2, -0.15) is 0 Å². The van der Waals surface area contributed by atoms with Crippen molar-refractivity contribution in [3.63, 3.8) is 0 Å². The minimum atomic E-state index is -0.501. The number of aromatic nitrogens is 2. The third kappa shape index (κ3) is 3.03. The maximum Gasteiger partial charge on any atom is 0.358 e. The Morgan fingerprint density at radius 1 is 1.25 bits per heavy atom. The van der Waals surface area contributed by atoms with E-state index in [2.05, 4.69) is 14.9 Å². The molecule has 0 atom stereocenters. The highest BCUT2D eigenvalue weighted by molar-refractivity contribution is 5.86. The first-order valence-electron chi connectivity index (χ1n) is 6.08. The standard InChI is InChI=1S/C14H16N4O2/c1-18(9-10-5-3-4-6-11(10)15)13-8-7-12(16-17-13)14(19)20-2/h3-8H,9,15H2,1-2H3. The minimum absolute atomic E-state index is 0.184. The van der Waals surface area contributed by atoms with Gasteiger partial charge in [0.05, 0.1) is 7.11 Å². The van der Waals surface area contributed by atoms with Gasteiger partial charge in [-0.3, -0.25) is 0 Å². The van der Waals surface area contributed by atoms with Crippen LogP contribution in [-0.2, 0) is 11.3 Å². The zero-order valence-corrected chi connectivity index (χ0v) is 11.4. The van der Waals surface area contributed by atoms with Gasteiger partial charge in [0.1, 0.15) is 0 Å². The number of nitrogens with zero attached hydrogens (tertiary/aromatic N) is 3. The summed E-state index contributed by atoms with van der Waals surface area (Å²) in [6.45, 7) is 0.610. The Balaban J connectivity index is 2.12. The van der Waals surface area contributed by atoms with Crippen molar-refractivity contribution in [2.75, 3.05) is 24.8 Å². The van der Waals surface area contributed by atoms with E-state index in [4.69, 9.17) is 5.73 Å². The molecule has 0 saturated heterocycles. The predicted octanol–water partition coefficient (Wildman–Crippen LogP) is 1.48. The Bertz CT molecular complexity index is 598. The summed E-state index contributed by atoms with van der Waals surface area (Å²) in [6.07, 6.45) is 0. The largest absolute Gasteiger partial charge is 0.464 e. The molecule has 1 aromatic carbocycles. The lowest BCUT2D eigenvalue weighted by Gasteiger charge is -2.18. The number of methoxy groups -OCH3 is 1. The fourth-order valence-corrected chi connectivity index (χ4v) is 1.76. The maximum atomic E-state index is 11.3. The van der Waals surface area contributed by atoms with Crippen molar-refractivity contribution in [3.05, 3.63) is 47.7 Å². The van der Waals surface area contributed by atoms with Crippen LogP contribution >= 0.6 is 0 Å². The third-order valence-electron chi connectivity index (χ3n) is 2.90. The average molecular weight is 272 g/mol. The van der Waals surface area contributed by atoms with E-state index in [0.29, 0.717) is 12.4 Å². The molecular weight excluding hydrogens is 256 g/mol. The summed E-state index contributed by atoms with van der Waals surface area (Å²) >= 11 is 0. The van der Waals surface area contributed by atoms with E-state index in [1.807, 2.05) is 36.2 Å². The molecular formula is C14H16N4O2. The predicted molar refractivity (Wildman–Crippen MR) is 76.3 cm³/mol. The second-order valence-corrected chi connectivity index (χ2v) is 4.32. The number of hydrogen-bond acceptors (Lipinski definition) is 6. The fourth-order valence-electron chi connectivity index (χ4n) is 1.76. The molecule has 1 heterocycles. The zero-order chi connectivity index (χ0) is 14.5. The van der Waals surface area contributed by atoms with Crippen LogP contribution in [0, 0.1) is 0 Å². The number of hydrogen-bond donors (Lipinski definition) is 1. The van der Waals surface area contributed by atoms with E-state index < -0.39 is 5.97 Å². The van der Waals surface area contributed by atoms with Gasteiger partial charge in [0.15, 0.2) is 11.5 Å². The third-order valence-corrected chi connectivity index (χ3v) is 2.90. The molecule has 0 fully saturated rings. The molecule has 2 aromatic rings. The summed E-state index contributed by atoms with van der Waals surface area (Å²) in [5, 5.41) is 7.84. The Morgan fingerprint density at radius 2 is 2.00 bits per heavy atom. The van der Waals surface area contributed by atoms with Crippen molar-refractivity contribution >= 4 is 17.5 Å². The van der Waals surface area contributed by atoms with Crippen molar-refractivity contribution in [2.24, 2.45) is 0 Å². The Hall–Kier alpha value is -2.63. The molecule has 6 heteroatoms. The van der Waals surface area contributed by atoms with Crippen LogP contribution in [0.4, 0.5) is 11.5 Å². The monoisotopic (exact) mass is 272 g/mol. The van der Waals surface area contributed by atoms with E-state index in [1.165, 1.54) is 7.11 Å². The number of esters is 1. The highest BCUT2D eigenvalue weighted by Gasteiger charge is 2.10. The number of rotatable bonds is 4. The number of ether oxygens (including phenoxy) is 1. The normalized spacial score (nSPS) is 10.1. The van der Waals surface area contributed by atoms with Gasteiger partial charge in [0.25, 0.3) is 0 Å². The van der Waals surface area contributed by atoms with E-state index in [0.717, 1.165) is 11.3 Å². The number of carbonyl (C=O) groups excluding carboxylic acids is 1. The Kier molecular flexibility index (Phi) is 4.14. The minimum Gasteiger partial charge on any atom is -0.464 e. The van der Waals surface area contributed by atoms with Gasteiger partial charge in [0, 0.05) is 19.3 Å². The fraction of sp³-hybridized carbons (Fsp3) is 0.214. The molecule has 104 valence electrons. The van der Waals surface area contributed by atoms with Crippen LogP contribution in [0.15, 0.2) is 36.4 Å². The lowest BCUT2D eigenvalue weighted by molar-refractivity contribution is 0.0592. The van der Waals surface area contributed by atoms with Gasteiger partial charge in [-0.15, -0.1) is 10.2 Å². The number of nitrogen functional groups attached to an aromatic ring is 1. The van der Waals surface area contributed by atoms with Gasteiger partial charge in [-0.05, 0) is 23.8 Å². The summed E-state index contributed by atoms with van der Waals surface area (Å²) in [6, 6.07) is 10.9. The van der Waals surface area contributed by atoms with Crippen molar-refractivity contribution in [2.45, 2.75) is 6.54 Å².